The molecule has 1 aliphatic carbocycles. The van der Waals surface area contributed by atoms with Gasteiger partial charge in [-0.1, -0.05) is 42.0 Å². The van der Waals surface area contributed by atoms with Gasteiger partial charge in [-0.25, -0.2) is 9.97 Å². The SMILES string of the molecule is CCN(Cc1ccccc1)c1nccc(C(=O)NCCC2=CCCCC2)n1. The summed E-state index contributed by atoms with van der Waals surface area (Å²) in [4.78, 5) is 23.4. The summed E-state index contributed by atoms with van der Waals surface area (Å²) in [7, 11) is 0. The fourth-order valence-corrected chi connectivity index (χ4v) is 3.31. The lowest BCUT2D eigenvalue weighted by Gasteiger charge is -2.21. The van der Waals surface area contributed by atoms with E-state index in [1.807, 2.05) is 18.2 Å². The molecule has 1 aromatic carbocycles. The highest BCUT2D eigenvalue weighted by Gasteiger charge is 2.13. The zero-order valence-corrected chi connectivity index (χ0v) is 16.0. The Morgan fingerprint density at radius 1 is 1.19 bits per heavy atom. The molecule has 2 aromatic rings. The minimum atomic E-state index is -0.133. The molecule has 142 valence electrons. The molecule has 5 nitrogen and oxygen atoms in total. The summed E-state index contributed by atoms with van der Waals surface area (Å²) in [5, 5.41) is 2.99. The van der Waals surface area contributed by atoms with Crippen molar-refractivity contribution >= 4 is 11.9 Å². The Labute approximate surface area is 161 Å². The molecule has 3 rings (SSSR count). The molecule has 0 atom stereocenters. The van der Waals surface area contributed by atoms with Gasteiger partial charge in [-0.2, -0.15) is 0 Å². The number of rotatable bonds is 8. The van der Waals surface area contributed by atoms with Crippen LogP contribution in [0, 0.1) is 0 Å². The lowest BCUT2D eigenvalue weighted by atomic mass is 9.97. The first-order valence-electron chi connectivity index (χ1n) is 9.84. The number of carbonyl (C=O) groups excluding carboxylic acids is 1. The largest absolute Gasteiger partial charge is 0.350 e. The van der Waals surface area contributed by atoms with E-state index in [0.29, 0.717) is 18.2 Å². The molecule has 1 aliphatic rings. The van der Waals surface area contributed by atoms with Gasteiger partial charge in [0.15, 0.2) is 0 Å². The van der Waals surface area contributed by atoms with Crippen molar-refractivity contribution in [1.82, 2.24) is 15.3 Å². The predicted molar refractivity (Wildman–Crippen MR) is 109 cm³/mol. The number of allylic oxidation sites excluding steroid dienone is 1. The van der Waals surface area contributed by atoms with Gasteiger partial charge in [0, 0.05) is 25.8 Å². The van der Waals surface area contributed by atoms with Crippen LogP contribution in [0.15, 0.2) is 54.2 Å². The van der Waals surface area contributed by atoms with Gasteiger partial charge in [0.25, 0.3) is 5.91 Å². The summed E-state index contributed by atoms with van der Waals surface area (Å²) >= 11 is 0. The first-order valence-corrected chi connectivity index (χ1v) is 9.84. The molecule has 1 aromatic heterocycles. The van der Waals surface area contributed by atoms with Gasteiger partial charge < -0.3 is 10.2 Å². The highest BCUT2D eigenvalue weighted by Crippen LogP contribution is 2.19. The normalized spacial score (nSPS) is 13.7. The Morgan fingerprint density at radius 2 is 2.04 bits per heavy atom. The van der Waals surface area contributed by atoms with Crippen molar-refractivity contribution in [3.63, 3.8) is 0 Å². The van der Waals surface area contributed by atoms with Crippen LogP contribution in [0.4, 0.5) is 5.95 Å². The van der Waals surface area contributed by atoms with E-state index >= 15 is 0 Å². The van der Waals surface area contributed by atoms with Gasteiger partial charge >= 0.3 is 0 Å². The Morgan fingerprint density at radius 3 is 2.78 bits per heavy atom. The van der Waals surface area contributed by atoms with Gasteiger partial charge in [0.1, 0.15) is 5.69 Å². The van der Waals surface area contributed by atoms with E-state index in [1.165, 1.54) is 36.8 Å². The van der Waals surface area contributed by atoms with E-state index in [0.717, 1.165) is 19.5 Å². The monoisotopic (exact) mass is 364 g/mol. The number of benzene rings is 1. The van der Waals surface area contributed by atoms with Crippen LogP contribution >= 0.6 is 0 Å². The summed E-state index contributed by atoms with van der Waals surface area (Å²) in [6.07, 6.45) is 9.81. The molecule has 0 fully saturated rings. The Kier molecular flexibility index (Phi) is 6.97. The molecule has 0 spiro atoms. The number of anilines is 1. The van der Waals surface area contributed by atoms with Crippen molar-refractivity contribution in [2.45, 2.75) is 45.6 Å². The van der Waals surface area contributed by atoms with Crippen molar-refractivity contribution in [3.8, 4) is 0 Å². The van der Waals surface area contributed by atoms with Crippen LogP contribution in [-0.4, -0.2) is 29.0 Å². The molecule has 0 aliphatic heterocycles. The molecule has 5 heteroatoms. The molecular weight excluding hydrogens is 336 g/mol. The lowest BCUT2D eigenvalue weighted by Crippen LogP contribution is -2.28. The van der Waals surface area contributed by atoms with Crippen LogP contribution in [0.3, 0.4) is 0 Å². The number of carbonyl (C=O) groups is 1. The highest BCUT2D eigenvalue weighted by molar-refractivity contribution is 5.92. The van der Waals surface area contributed by atoms with E-state index in [4.69, 9.17) is 0 Å². The first kappa shape index (κ1) is 19.1. The molecule has 0 radical (unpaired) electrons. The molecule has 27 heavy (non-hydrogen) atoms. The average molecular weight is 364 g/mol. The van der Waals surface area contributed by atoms with Crippen molar-refractivity contribution in [2.75, 3.05) is 18.0 Å². The Hall–Kier alpha value is -2.69. The molecule has 1 heterocycles. The topological polar surface area (TPSA) is 58.1 Å². The zero-order chi connectivity index (χ0) is 18.9. The second kappa shape index (κ2) is 9.86. The summed E-state index contributed by atoms with van der Waals surface area (Å²) < 4.78 is 0. The molecule has 1 amide bonds. The maximum absolute atomic E-state index is 12.5. The van der Waals surface area contributed by atoms with Crippen molar-refractivity contribution in [1.29, 1.82) is 0 Å². The summed E-state index contributed by atoms with van der Waals surface area (Å²) in [5.41, 5.74) is 3.08. The molecular formula is C22H28N4O. The van der Waals surface area contributed by atoms with E-state index in [2.05, 4.69) is 45.3 Å². The smallest absolute Gasteiger partial charge is 0.270 e. The van der Waals surface area contributed by atoms with Gasteiger partial charge in [-0.05, 0) is 50.7 Å². The molecule has 1 N–H and O–H groups in total. The van der Waals surface area contributed by atoms with Crippen LogP contribution in [0.2, 0.25) is 0 Å². The number of amides is 1. The Balaban J connectivity index is 1.59. The van der Waals surface area contributed by atoms with Crippen LogP contribution in [0.1, 0.15) is 55.1 Å². The lowest BCUT2D eigenvalue weighted by molar-refractivity contribution is 0.0949. The molecule has 0 saturated heterocycles. The predicted octanol–water partition coefficient (Wildman–Crippen LogP) is 4.12. The van der Waals surface area contributed by atoms with Gasteiger partial charge in [0.2, 0.25) is 5.95 Å². The highest BCUT2D eigenvalue weighted by atomic mass is 16.1. The van der Waals surface area contributed by atoms with Crippen LogP contribution < -0.4 is 10.2 Å². The van der Waals surface area contributed by atoms with Crippen molar-refractivity contribution < 1.29 is 4.79 Å². The van der Waals surface area contributed by atoms with E-state index in [9.17, 15) is 4.79 Å². The van der Waals surface area contributed by atoms with E-state index < -0.39 is 0 Å². The van der Waals surface area contributed by atoms with Crippen LogP contribution in [0.25, 0.3) is 0 Å². The third-order valence-electron chi connectivity index (χ3n) is 4.87. The van der Waals surface area contributed by atoms with Gasteiger partial charge in [-0.15, -0.1) is 0 Å². The number of aromatic nitrogens is 2. The fraction of sp³-hybridized carbons (Fsp3) is 0.409. The Bertz CT molecular complexity index is 773. The minimum absolute atomic E-state index is 0.133. The third-order valence-corrected chi connectivity index (χ3v) is 4.87. The number of nitrogens with one attached hydrogen (secondary N) is 1. The van der Waals surface area contributed by atoms with Crippen LogP contribution in [0.5, 0.6) is 0 Å². The van der Waals surface area contributed by atoms with E-state index in [1.54, 1.807) is 12.3 Å². The third kappa shape index (κ3) is 5.64. The maximum Gasteiger partial charge on any atom is 0.270 e. The molecule has 0 unspecified atom stereocenters. The first-order chi connectivity index (χ1) is 13.3. The number of nitrogens with zero attached hydrogens (tertiary/aromatic N) is 3. The molecule has 0 saturated carbocycles. The quantitative estimate of drug-likeness (QED) is 0.716. The van der Waals surface area contributed by atoms with Crippen molar-refractivity contribution in [2.24, 2.45) is 0 Å². The van der Waals surface area contributed by atoms with E-state index in [-0.39, 0.29) is 5.91 Å². The van der Waals surface area contributed by atoms with Gasteiger partial charge in [0.05, 0.1) is 0 Å². The fourth-order valence-electron chi connectivity index (χ4n) is 3.31. The standard InChI is InChI=1S/C22H28N4O/c1-2-26(17-19-11-7-4-8-12-19)22-24-16-14-20(25-22)21(27)23-15-13-18-9-5-3-6-10-18/h4,7-9,11-12,14,16H,2-3,5-6,10,13,15,17H2,1H3,(H,23,27). The zero-order valence-electron chi connectivity index (χ0n) is 16.0. The maximum atomic E-state index is 12.5. The van der Waals surface area contributed by atoms with Gasteiger partial charge in [-0.3, -0.25) is 4.79 Å². The minimum Gasteiger partial charge on any atom is -0.350 e. The summed E-state index contributed by atoms with van der Waals surface area (Å²) in [5.74, 6) is 0.454. The number of hydrogen-bond acceptors (Lipinski definition) is 4. The molecule has 0 bridgehead atoms. The number of hydrogen-bond donors (Lipinski definition) is 1. The average Bonchev–Trinajstić information content (AvgIpc) is 2.73. The van der Waals surface area contributed by atoms with Crippen LogP contribution in [-0.2, 0) is 6.54 Å². The van der Waals surface area contributed by atoms with Crippen molar-refractivity contribution in [3.05, 3.63) is 65.5 Å². The summed E-state index contributed by atoms with van der Waals surface area (Å²) in [6, 6.07) is 11.9. The second-order valence-electron chi connectivity index (χ2n) is 6.86. The second-order valence-corrected chi connectivity index (χ2v) is 6.86. The summed E-state index contributed by atoms with van der Waals surface area (Å²) in [6.45, 7) is 4.22.